The first-order valence-corrected chi connectivity index (χ1v) is 7.39. The molecule has 0 unspecified atom stereocenters. The Morgan fingerprint density at radius 3 is 2.75 bits per heavy atom. The number of nitrogens with one attached hydrogen (secondary N) is 1. The van der Waals surface area contributed by atoms with Gasteiger partial charge >= 0.3 is 0 Å². The second-order valence-electron chi connectivity index (χ2n) is 3.10. The van der Waals surface area contributed by atoms with Gasteiger partial charge in [0.2, 0.25) is 0 Å². The van der Waals surface area contributed by atoms with Gasteiger partial charge in [-0.2, -0.15) is 0 Å². The number of nitrogens with zero attached hydrogens (tertiary/aromatic N) is 1. The Labute approximate surface area is 104 Å². The zero-order valence-corrected chi connectivity index (χ0v) is 11.4. The number of sulfonamides is 1. The number of halogens is 1. The summed E-state index contributed by atoms with van der Waals surface area (Å²) in [6, 6.07) is 0. The van der Waals surface area contributed by atoms with Gasteiger partial charge in [-0.15, -0.1) is 0 Å². The van der Waals surface area contributed by atoms with Crippen LogP contribution in [0, 0.1) is 6.92 Å². The number of rotatable bonds is 5. The lowest BCUT2D eigenvalue weighted by atomic mass is 10.4. The summed E-state index contributed by atoms with van der Waals surface area (Å²) in [6.07, 6.45) is 4.44. The van der Waals surface area contributed by atoms with Crippen molar-refractivity contribution in [3.05, 3.63) is 22.3 Å². The fraction of sp³-hybridized carbons (Fsp3) is 0.444. The first-order chi connectivity index (χ1) is 7.47. The van der Waals surface area contributed by atoms with Crippen molar-refractivity contribution in [2.75, 3.05) is 6.54 Å². The van der Waals surface area contributed by atoms with E-state index in [-0.39, 0.29) is 8.68 Å². The van der Waals surface area contributed by atoms with Crippen molar-refractivity contribution < 1.29 is 8.42 Å². The minimum absolute atomic E-state index is 0.193. The summed E-state index contributed by atoms with van der Waals surface area (Å²) < 4.78 is 26.5. The molecule has 0 amide bonds. The van der Waals surface area contributed by atoms with Gasteiger partial charge in [-0.3, -0.25) is 0 Å². The summed E-state index contributed by atoms with van der Waals surface area (Å²) in [6.45, 7) is 3.89. The second kappa shape index (κ2) is 5.77. The molecule has 1 heterocycles. The van der Waals surface area contributed by atoms with Gasteiger partial charge in [-0.05, 0) is 20.3 Å². The molecule has 0 aliphatic heterocycles. The molecule has 4 nitrogen and oxygen atoms in total. The molecule has 0 fully saturated rings. The van der Waals surface area contributed by atoms with E-state index in [1.165, 1.54) is 0 Å². The van der Waals surface area contributed by atoms with E-state index in [2.05, 4.69) is 9.71 Å². The van der Waals surface area contributed by atoms with E-state index < -0.39 is 10.0 Å². The fourth-order valence-electron chi connectivity index (χ4n) is 1.11. The molecule has 1 rings (SSSR count). The highest BCUT2D eigenvalue weighted by atomic mass is 35.5. The molecule has 0 bridgehead atoms. The van der Waals surface area contributed by atoms with Crippen LogP contribution in [0.5, 0.6) is 0 Å². The summed E-state index contributed by atoms with van der Waals surface area (Å²) in [7, 11) is -3.46. The normalized spacial score (nSPS) is 12.4. The summed E-state index contributed by atoms with van der Waals surface area (Å²) in [5.74, 6) is 0. The largest absolute Gasteiger partial charge is 0.251 e. The van der Waals surface area contributed by atoms with E-state index in [0.717, 1.165) is 11.3 Å². The summed E-state index contributed by atoms with van der Waals surface area (Å²) >= 11 is 6.63. The SMILES string of the molecule is C/C=C/CCNS(=O)(=O)c1sc(Cl)nc1C. The van der Waals surface area contributed by atoms with Crippen molar-refractivity contribution in [3.8, 4) is 0 Å². The quantitative estimate of drug-likeness (QED) is 0.665. The predicted molar refractivity (Wildman–Crippen MR) is 66.5 cm³/mol. The maximum Gasteiger partial charge on any atom is 0.251 e. The zero-order chi connectivity index (χ0) is 12.2. The molecule has 1 N–H and O–H groups in total. The van der Waals surface area contributed by atoms with Gasteiger partial charge in [-0.25, -0.2) is 18.1 Å². The smallest absolute Gasteiger partial charge is 0.229 e. The predicted octanol–water partition coefficient (Wildman–Crippen LogP) is 2.35. The fourth-order valence-corrected chi connectivity index (χ4v) is 3.94. The Kier molecular flexibility index (Phi) is 4.91. The third-order valence-corrected chi connectivity index (χ3v) is 5.14. The first-order valence-electron chi connectivity index (χ1n) is 4.71. The molecule has 0 aliphatic carbocycles. The molecule has 16 heavy (non-hydrogen) atoms. The van der Waals surface area contributed by atoms with Crippen LogP contribution in [0.15, 0.2) is 16.4 Å². The molecule has 7 heteroatoms. The van der Waals surface area contributed by atoms with Crippen molar-refractivity contribution in [3.63, 3.8) is 0 Å². The maximum absolute atomic E-state index is 11.8. The van der Waals surface area contributed by atoms with E-state index >= 15 is 0 Å². The van der Waals surface area contributed by atoms with Crippen LogP contribution < -0.4 is 4.72 Å². The lowest BCUT2D eigenvalue weighted by Crippen LogP contribution is -2.24. The van der Waals surface area contributed by atoms with Crippen LogP contribution in [0.25, 0.3) is 0 Å². The van der Waals surface area contributed by atoms with Crippen molar-refractivity contribution in [2.45, 2.75) is 24.5 Å². The number of hydrogen-bond acceptors (Lipinski definition) is 4. The van der Waals surface area contributed by atoms with Gasteiger partial charge in [0.25, 0.3) is 10.0 Å². The monoisotopic (exact) mass is 280 g/mol. The highest BCUT2D eigenvalue weighted by molar-refractivity contribution is 7.91. The minimum atomic E-state index is -3.46. The van der Waals surface area contributed by atoms with Gasteiger partial charge in [0, 0.05) is 6.54 Å². The van der Waals surface area contributed by atoms with Crippen LogP contribution in [0.4, 0.5) is 0 Å². The number of aryl methyl sites for hydroxylation is 1. The van der Waals surface area contributed by atoms with E-state index in [1.807, 2.05) is 19.1 Å². The van der Waals surface area contributed by atoms with Gasteiger partial charge in [0.1, 0.15) is 0 Å². The van der Waals surface area contributed by atoms with E-state index in [0.29, 0.717) is 18.7 Å². The Bertz CT molecular complexity index is 480. The van der Waals surface area contributed by atoms with Crippen LogP contribution in [0.3, 0.4) is 0 Å². The van der Waals surface area contributed by atoms with Gasteiger partial charge in [-0.1, -0.05) is 35.1 Å². The highest BCUT2D eigenvalue weighted by Crippen LogP contribution is 2.26. The molecule has 0 spiro atoms. The zero-order valence-electron chi connectivity index (χ0n) is 9.03. The standard InChI is InChI=1S/C9H13ClN2O2S2/c1-3-4-5-6-11-16(13,14)8-7(2)12-9(10)15-8/h3-4,11H,5-6H2,1-2H3/b4-3+. The molecule has 90 valence electrons. The van der Waals surface area contributed by atoms with Crippen LogP contribution in [0.2, 0.25) is 4.47 Å². The summed E-state index contributed by atoms with van der Waals surface area (Å²) in [5.41, 5.74) is 0.438. The third-order valence-electron chi connectivity index (χ3n) is 1.81. The minimum Gasteiger partial charge on any atom is -0.229 e. The van der Waals surface area contributed by atoms with Gasteiger partial charge < -0.3 is 0 Å². The average Bonchev–Trinajstić information content (AvgIpc) is 2.53. The molecule has 1 aromatic heterocycles. The molecule has 1 aromatic rings. The Morgan fingerprint density at radius 2 is 2.25 bits per heavy atom. The molecule has 0 aliphatic rings. The summed E-state index contributed by atoms with van der Waals surface area (Å²) in [5, 5.41) is 0. The summed E-state index contributed by atoms with van der Waals surface area (Å²) in [4.78, 5) is 3.87. The first kappa shape index (κ1) is 13.6. The number of aromatic nitrogens is 1. The molecular formula is C9H13ClN2O2S2. The number of hydrogen-bond donors (Lipinski definition) is 1. The number of thiazole rings is 1. The van der Waals surface area contributed by atoms with Crippen LogP contribution >= 0.6 is 22.9 Å². The van der Waals surface area contributed by atoms with Crippen molar-refractivity contribution in [1.82, 2.24) is 9.71 Å². The average molecular weight is 281 g/mol. The van der Waals surface area contributed by atoms with Gasteiger partial charge in [0.15, 0.2) is 8.68 Å². The second-order valence-corrected chi connectivity index (χ2v) is 6.64. The van der Waals surface area contributed by atoms with Crippen LogP contribution in [-0.4, -0.2) is 19.9 Å². The molecular weight excluding hydrogens is 268 g/mol. The van der Waals surface area contributed by atoms with Gasteiger partial charge in [0.05, 0.1) is 5.69 Å². The molecule has 0 saturated carbocycles. The lowest BCUT2D eigenvalue weighted by Gasteiger charge is -2.02. The Balaban J connectivity index is 2.74. The third kappa shape index (κ3) is 3.55. The molecule has 0 atom stereocenters. The Hall–Kier alpha value is -0.430. The topological polar surface area (TPSA) is 59.1 Å². The van der Waals surface area contributed by atoms with E-state index in [1.54, 1.807) is 6.92 Å². The molecule has 0 saturated heterocycles. The van der Waals surface area contributed by atoms with E-state index in [9.17, 15) is 8.42 Å². The van der Waals surface area contributed by atoms with Crippen molar-refractivity contribution in [1.29, 1.82) is 0 Å². The highest BCUT2D eigenvalue weighted by Gasteiger charge is 2.20. The van der Waals surface area contributed by atoms with Crippen LogP contribution in [0.1, 0.15) is 19.0 Å². The van der Waals surface area contributed by atoms with Crippen molar-refractivity contribution in [2.24, 2.45) is 0 Å². The van der Waals surface area contributed by atoms with Crippen molar-refractivity contribution >= 4 is 33.0 Å². The lowest BCUT2D eigenvalue weighted by molar-refractivity contribution is 0.583. The Morgan fingerprint density at radius 1 is 1.56 bits per heavy atom. The number of allylic oxidation sites excluding steroid dienone is 1. The maximum atomic E-state index is 11.8. The van der Waals surface area contributed by atoms with Crippen LogP contribution in [-0.2, 0) is 10.0 Å². The van der Waals surface area contributed by atoms with E-state index in [4.69, 9.17) is 11.6 Å². The molecule has 0 aromatic carbocycles. The molecule has 0 radical (unpaired) electrons.